The van der Waals surface area contributed by atoms with Gasteiger partial charge in [0.1, 0.15) is 19.8 Å². The first-order chi connectivity index (χ1) is 19.9. The highest BCUT2D eigenvalue weighted by Crippen LogP contribution is 2.28. The molecule has 0 atom stereocenters. The zero-order chi connectivity index (χ0) is 28.7. The summed E-state index contributed by atoms with van der Waals surface area (Å²) < 4.78 is 37.6. The maximum absolute atomic E-state index is 13.2. The number of carbonyl (C=O) groups is 2. The maximum atomic E-state index is 13.2. The first kappa shape index (κ1) is 27.5. The molecule has 0 bridgehead atoms. The zero-order valence-corrected chi connectivity index (χ0v) is 22.7. The van der Waals surface area contributed by atoms with Gasteiger partial charge in [-0.25, -0.2) is 13.4 Å². The SMILES string of the molecule is O=C(CNC(=O)c1nc2ccc(S(=O)(=O)c3ccccc3)cc2cc1OCc1ccccc1)OCc1ccccc1. The summed E-state index contributed by atoms with van der Waals surface area (Å²) >= 11 is 0. The van der Waals surface area contributed by atoms with E-state index in [1.54, 1.807) is 24.3 Å². The van der Waals surface area contributed by atoms with Crippen LogP contribution in [0.1, 0.15) is 21.6 Å². The smallest absolute Gasteiger partial charge is 0.325 e. The average Bonchev–Trinajstić information content (AvgIpc) is 3.02. The second-order valence-electron chi connectivity index (χ2n) is 9.11. The number of fused-ring (bicyclic) bond motifs is 1. The third kappa shape index (κ3) is 6.77. The third-order valence-electron chi connectivity index (χ3n) is 6.20. The molecule has 0 aliphatic heterocycles. The number of ether oxygens (including phenoxy) is 2. The van der Waals surface area contributed by atoms with Gasteiger partial charge >= 0.3 is 5.97 Å². The molecule has 0 unspecified atom stereocenters. The minimum absolute atomic E-state index is 0.0389. The first-order valence-electron chi connectivity index (χ1n) is 12.8. The van der Waals surface area contributed by atoms with Crippen LogP contribution in [0.5, 0.6) is 5.75 Å². The lowest BCUT2D eigenvalue weighted by Gasteiger charge is -2.13. The van der Waals surface area contributed by atoms with Crippen molar-refractivity contribution >= 4 is 32.6 Å². The van der Waals surface area contributed by atoms with Crippen LogP contribution in [0.15, 0.2) is 125 Å². The Morgan fingerprint density at radius 1 is 0.707 bits per heavy atom. The van der Waals surface area contributed by atoms with E-state index >= 15 is 0 Å². The monoisotopic (exact) mass is 566 g/mol. The summed E-state index contributed by atoms with van der Waals surface area (Å²) in [6.45, 7) is -0.128. The Kier molecular flexibility index (Phi) is 8.36. The number of pyridine rings is 1. The van der Waals surface area contributed by atoms with Crippen molar-refractivity contribution in [3.63, 3.8) is 0 Å². The minimum Gasteiger partial charge on any atom is -0.486 e. The lowest BCUT2D eigenvalue weighted by atomic mass is 10.1. The van der Waals surface area contributed by atoms with E-state index < -0.39 is 21.7 Å². The molecule has 1 aromatic heterocycles. The summed E-state index contributed by atoms with van der Waals surface area (Å²) in [5.74, 6) is -1.09. The molecule has 41 heavy (non-hydrogen) atoms. The van der Waals surface area contributed by atoms with E-state index in [0.717, 1.165) is 11.1 Å². The number of hydrogen-bond acceptors (Lipinski definition) is 7. The van der Waals surface area contributed by atoms with Gasteiger partial charge < -0.3 is 14.8 Å². The highest BCUT2D eigenvalue weighted by atomic mass is 32.2. The number of nitrogens with zero attached hydrogens (tertiary/aromatic N) is 1. The van der Waals surface area contributed by atoms with Crippen LogP contribution < -0.4 is 10.1 Å². The van der Waals surface area contributed by atoms with Crippen molar-refractivity contribution in [2.45, 2.75) is 23.0 Å². The van der Waals surface area contributed by atoms with Crippen molar-refractivity contribution in [2.24, 2.45) is 0 Å². The second kappa shape index (κ2) is 12.4. The summed E-state index contributed by atoms with van der Waals surface area (Å²) in [6.07, 6.45) is 0. The minimum atomic E-state index is -3.77. The molecule has 206 valence electrons. The zero-order valence-electron chi connectivity index (χ0n) is 21.9. The third-order valence-corrected chi connectivity index (χ3v) is 7.97. The summed E-state index contributed by atoms with van der Waals surface area (Å²) in [4.78, 5) is 30.1. The normalized spacial score (nSPS) is 11.1. The van der Waals surface area contributed by atoms with Gasteiger partial charge in [0, 0.05) is 5.39 Å². The molecule has 0 fully saturated rings. The highest BCUT2D eigenvalue weighted by molar-refractivity contribution is 7.91. The van der Waals surface area contributed by atoms with Gasteiger partial charge in [0.25, 0.3) is 5.91 Å². The Bertz CT molecular complexity index is 1780. The molecule has 0 saturated carbocycles. The Hall–Kier alpha value is -5.02. The topological polar surface area (TPSA) is 112 Å². The largest absolute Gasteiger partial charge is 0.486 e. The summed E-state index contributed by atoms with van der Waals surface area (Å²) in [5, 5.41) is 3.02. The van der Waals surface area contributed by atoms with Gasteiger partial charge in [-0.2, -0.15) is 0 Å². The van der Waals surface area contributed by atoms with Crippen LogP contribution in [0.4, 0.5) is 0 Å². The lowest BCUT2D eigenvalue weighted by Crippen LogP contribution is -2.31. The van der Waals surface area contributed by atoms with Crippen LogP contribution in [0.2, 0.25) is 0 Å². The lowest BCUT2D eigenvalue weighted by molar-refractivity contribution is -0.143. The Morgan fingerprint density at radius 3 is 1.98 bits per heavy atom. The number of carbonyl (C=O) groups excluding carboxylic acids is 2. The van der Waals surface area contributed by atoms with Crippen molar-refractivity contribution in [3.05, 3.63) is 132 Å². The van der Waals surface area contributed by atoms with E-state index in [2.05, 4.69) is 10.3 Å². The summed E-state index contributed by atoms with van der Waals surface area (Å²) in [5.41, 5.74) is 2.04. The molecule has 1 heterocycles. The molecule has 4 aromatic carbocycles. The van der Waals surface area contributed by atoms with Crippen molar-refractivity contribution in [1.82, 2.24) is 10.3 Å². The number of sulfone groups is 1. The number of aromatic nitrogens is 1. The molecule has 0 aliphatic carbocycles. The molecule has 8 nitrogen and oxygen atoms in total. The fraction of sp³-hybridized carbons (Fsp3) is 0.0938. The van der Waals surface area contributed by atoms with Crippen molar-refractivity contribution < 1.29 is 27.5 Å². The van der Waals surface area contributed by atoms with Gasteiger partial charge in [-0.1, -0.05) is 78.9 Å². The van der Waals surface area contributed by atoms with Crippen LogP contribution in [-0.2, 0) is 32.6 Å². The van der Waals surface area contributed by atoms with Gasteiger partial charge in [0.05, 0.1) is 15.3 Å². The van der Waals surface area contributed by atoms with E-state index in [9.17, 15) is 18.0 Å². The number of esters is 1. The molecular formula is C32H26N2O6S. The molecule has 1 N–H and O–H groups in total. The molecule has 1 amide bonds. The van der Waals surface area contributed by atoms with Crippen LogP contribution in [0, 0.1) is 0 Å². The number of rotatable bonds is 10. The molecule has 0 spiro atoms. The highest BCUT2D eigenvalue weighted by Gasteiger charge is 2.21. The Morgan fingerprint density at radius 2 is 1.32 bits per heavy atom. The van der Waals surface area contributed by atoms with E-state index in [-0.39, 0.29) is 41.0 Å². The van der Waals surface area contributed by atoms with Gasteiger partial charge in [-0.3, -0.25) is 9.59 Å². The maximum Gasteiger partial charge on any atom is 0.325 e. The quantitative estimate of drug-likeness (QED) is 0.234. The van der Waals surface area contributed by atoms with Gasteiger partial charge in [-0.15, -0.1) is 0 Å². The number of benzene rings is 4. The molecule has 0 radical (unpaired) electrons. The standard InChI is InChI=1S/C32H26N2O6S/c35-30(40-22-24-12-6-2-7-13-24)20-33-32(36)31-29(39-21-23-10-4-1-5-11-23)19-25-18-27(16-17-28(25)34-31)41(37,38)26-14-8-3-9-15-26/h1-19H,20-22H2,(H,33,36). The first-order valence-corrected chi connectivity index (χ1v) is 14.3. The molecule has 5 rings (SSSR count). The van der Waals surface area contributed by atoms with Gasteiger partial charge in [0.15, 0.2) is 11.4 Å². The number of amides is 1. The van der Waals surface area contributed by atoms with Crippen molar-refractivity contribution in [3.8, 4) is 5.75 Å². The predicted molar refractivity (Wildman–Crippen MR) is 153 cm³/mol. The van der Waals surface area contributed by atoms with E-state index in [1.165, 1.54) is 30.3 Å². The number of hydrogen-bond donors (Lipinski definition) is 1. The molecular weight excluding hydrogens is 540 g/mol. The van der Waals surface area contributed by atoms with Crippen molar-refractivity contribution in [2.75, 3.05) is 6.54 Å². The summed E-state index contributed by atoms with van der Waals surface area (Å²) in [6, 6.07) is 32.8. The van der Waals surface area contributed by atoms with Gasteiger partial charge in [-0.05, 0) is 47.5 Å². The second-order valence-corrected chi connectivity index (χ2v) is 11.1. The van der Waals surface area contributed by atoms with Crippen LogP contribution in [0.25, 0.3) is 10.9 Å². The fourth-order valence-electron chi connectivity index (χ4n) is 4.07. The Balaban J connectivity index is 1.40. The molecule has 9 heteroatoms. The molecule has 0 saturated heterocycles. The number of nitrogens with one attached hydrogen (secondary N) is 1. The Labute approximate surface area is 237 Å². The van der Waals surface area contributed by atoms with Crippen molar-refractivity contribution in [1.29, 1.82) is 0 Å². The van der Waals surface area contributed by atoms with Gasteiger partial charge in [0.2, 0.25) is 9.84 Å². The van der Waals surface area contributed by atoms with E-state index in [0.29, 0.717) is 10.9 Å². The molecule has 5 aromatic rings. The molecule has 0 aliphatic rings. The predicted octanol–water partition coefficient (Wildman–Crippen LogP) is 5.12. The van der Waals surface area contributed by atoms with Crippen LogP contribution >= 0.6 is 0 Å². The van der Waals surface area contributed by atoms with Crippen LogP contribution in [0.3, 0.4) is 0 Å². The van der Waals surface area contributed by atoms with Crippen LogP contribution in [-0.4, -0.2) is 31.8 Å². The van der Waals surface area contributed by atoms with E-state index in [1.807, 2.05) is 60.7 Å². The van der Waals surface area contributed by atoms with E-state index in [4.69, 9.17) is 9.47 Å². The summed E-state index contributed by atoms with van der Waals surface area (Å²) in [7, 11) is -3.77. The fourth-order valence-corrected chi connectivity index (χ4v) is 5.39. The average molecular weight is 567 g/mol.